The molecule has 0 aromatic heterocycles. The van der Waals surface area contributed by atoms with Crippen molar-refractivity contribution in [3.8, 4) is 0 Å². The number of halogens is 1. The van der Waals surface area contributed by atoms with Crippen LogP contribution in [0.4, 0.5) is 0 Å². The fraction of sp³-hybridized carbons (Fsp3) is 0.889. The van der Waals surface area contributed by atoms with Crippen LogP contribution in [0, 0.1) is 5.92 Å². The maximum atomic E-state index is 11.9. The van der Waals surface area contributed by atoms with Gasteiger partial charge in [-0.1, -0.05) is 0 Å². The van der Waals surface area contributed by atoms with E-state index < -0.39 is 5.60 Å². The number of guanidine groups is 1. The van der Waals surface area contributed by atoms with Gasteiger partial charge in [-0.3, -0.25) is 9.69 Å². The maximum Gasteiger partial charge on any atom is 0.328 e. The predicted molar refractivity (Wildman–Crippen MR) is 114 cm³/mol. The van der Waals surface area contributed by atoms with E-state index in [1.807, 2.05) is 27.7 Å². The van der Waals surface area contributed by atoms with E-state index >= 15 is 0 Å². The molecule has 1 atom stereocenters. The lowest BCUT2D eigenvalue weighted by Gasteiger charge is -2.29. The van der Waals surface area contributed by atoms with E-state index in [0.29, 0.717) is 5.92 Å². The van der Waals surface area contributed by atoms with Gasteiger partial charge >= 0.3 is 5.97 Å². The monoisotopic (exact) mass is 482 g/mol. The topological polar surface area (TPSA) is 66.4 Å². The summed E-state index contributed by atoms with van der Waals surface area (Å²) in [6, 6.07) is 0. The second kappa shape index (κ2) is 11.3. The van der Waals surface area contributed by atoms with Crippen molar-refractivity contribution in [2.75, 3.05) is 59.0 Å². The van der Waals surface area contributed by atoms with Crippen molar-refractivity contribution in [3.63, 3.8) is 0 Å². The van der Waals surface area contributed by atoms with E-state index in [1.165, 1.54) is 0 Å². The molecule has 152 valence electrons. The van der Waals surface area contributed by atoms with Crippen molar-refractivity contribution in [1.82, 2.24) is 15.1 Å². The molecule has 2 rings (SSSR count). The normalized spacial score (nSPS) is 22.1. The molecule has 26 heavy (non-hydrogen) atoms. The summed E-state index contributed by atoms with van der Waals surface area (Å²) in [5, 5.41) is 3.30. The third-order valence-corrected chi connectivity index (χ3v) is 4.32. The quantitative estimate of drug-likeness (QED) is 0.278. The van der Waals surface area contributed by atoms with E-state index in [2.05, 4.69) is 20.1 Å². The molecular weight excluding hydrogens is 447 g/mol. The summed E-state index contributed by atoms with van der Waals surface area (Å²) in [5.74, 6) is 1.17. The first-order valence-corrected chi connectivity index (χ1v) is 9.42. The Hall–Kier alpha value is -0.610. The predicted octanol–water partition coefficient (Wildman–Crippen LogP) is 1.57. The fourth-order valence-corrected chi connectivity index (χ4v) is 3.26. The Kier molecular flexibility index (Phi) is 10.2. The van der Waals surface area contributed by atoms with Gasteiger partial charge in [0.25, 0.3) is 0 Å². The highest BCUT2D eigenvalue weighted by atomic mass is 127. The van der Waals surface area contributed by atoms with Crippen molar-refractivity contribution in [3.05, 3.63) is 0 Å². The van der Waals surface area contributed by atoms with Gasteiger partial charge in [-0.05, 0) is 40.0 Å². The number of hydrogen-bond acceptors (Lipinski definition) is 5. The van der Waals surface area contributed by atoms with Crippen LogP contribution in [0.15, 0.2) is 4.99 Å². The lowest BCUT2D eigenvalue weighted by molar-refractivity contribution is -0.152. The van der Waals surface area contributed by atoms with E-state index in [4.69, 9.17) is 9.47 Å². The molecule has 7 nitrogen and oxygen atoms in total. The summed E-state index contributed by atoms with van der Waals surface area (Å²) >= 11 is 0. The van der Waals surface area contributed by atoms with Crippen molar-refractivity contribution in [2.24, 2.45) is 10.9 Å². The molecule has 2 aliphatic heterocycles. The SMILES string of the molecule is CCNC(=NCC(=O)OC(C)(C)C)N1CCC(CN2CCOCC2)C1.I. The van der Waals surface area contributed by atoms with Gasteiger partial charge in [0.2, 0.25) is 0 Å². The van der Waals surface area contributed by atoms with E-state index in [1.54, 1.807) is 0 Å². The minimum atomic E-state index is -0.470. The van der Waals surface area contributed by atoms with E-state index in [9.17, 15) is 4.79 Å². The zero-order valence-electron chi connectivity index (χ0n) is 16.6. The van der Waals surface area contributed by atoms with Crippen LogP contribution in [0.5, 0.6) is 0 Å². The molecule has 1 unspecified atom stereocenters. The van der Waals surface area contributed by atoms with Crippen LogP contribution in [-0.4, -0.2) is 86.4 Å². The van der Waals surface area contributed by atoms with Gasteiger partial charge in [0.15, 0.2) is 5.96 Å². The summed E-state index contributed by atoms with van der Waals surface area (Å²) in [6.07, 6.45) is 1.16. The number of nitrogens with one attached hydrogen (secondary N) is 1. The number of morpholine rings is 1. The molecule has 0 aromatic carbocycles. The molecule has 0 aromatic rings. The van der Waals surface area contributed by atoms with Gasteiger partial charge in [0.1, 0.15) is 12.1 Å². The van der Waals surface area contributed by atoms with Crippen LogP contribution in [-0.2, 0) is 14.3 Å². The minimum Gasteiger partial charge on any atom is -0.459 e. The molecule has 0 radical (unpaired) electrons. The smallest absolute Gasteiger partial charge is 0.328 e. The van der Waals surface area contributed by atoms with E-state index in [-0.39, 0.29) is 36.5 Å². The van der Waals surface area contributed by atoms with Gasteiger partial charge in [0.05, 0.1) is 13.2 Å². The highest BCUT2D eigenvalue weighted by Crippen LogP contribution is 2.18. The summed E-state index contributed by atoms with van der Waals surface area (Å²) in [7, 11) is 0. The van der Waals surface area contributed by atoms with Crippen molar-refractivity contribution in [1.29, 1.82) is 0 Å². The molecule has 2 heterocycles. The summed E-state index contributed by atoms with van der Waals surface area (Å²) < 4.78 is 10.8. The average molecular weight is 482 g/mol. The third kappa shape index (κ3) is 8.39. The zero-order valence-corrected chi connectivity index (χ0v) is 19.0. The highest BCUT2D eigenvalue weighted by Gasteiger charge is 2.27. The van der Waals surface area contributed by atoms with Crippen molar-refractivity contribution >= 4 is 35.9 Å². The molecule has 2 fully saturated rings. The average Bonchev–Trinajstić information content (AvgIpc) is 2.99. The fourth-order valence-electron chi connectivity index (χ4n) is 3.26. The molecule has 0 spiro atoms. The number of hydrogen-bond donors (Lipinski definition) is 1. The summed E-state index contributed by atoms with van der Waals surface area (Å²) in [5.41, 5.74) is -0.470. The Morgan fingerprint density at radius 3 is 2.58 bits per heavy atom. The second-order valence-corrected chi connectivity index (χ2v) is 7.77. The third-order valence-electron chi connectivity index (χ3n) is 4.32. The molecule has 0 saturated carbocycles. The lowest BCUT2D eigenvalue weighted by atomic mass is 10.1. The van der Waals surface area contributed by atoms with Gasteiger partial charge in [-0.25, -0.2) is 4.99 Å². The number of carbonyl (C=O) groups excluding carboxylic acids is 1. The molecule has 2 aliphatic rings. The molecule has 0 aliphatic carbocycles. The van der Waals surface area contributed by atoms with Gasteiger partial charge in [-0.15, -0.1) is 24.0 Å². The highest BCUT2D eigenvalue weighted by molar-refractivity contribution is 14.0. The number of esters is 1. The van der Waals surface area contributed by atoms with Crippen LogP contribution < -0.4 is 5.32 Å². The Bertz CT molecular complexity index is 462. The lowest BCUT2D eigenvalue weighted by Crippen LogP contribution is -2.42. The van der Waals surface area contributed by atoms with Crippen LogP contribution in [0.2, 0.25) is 0 Å². The van der Waals surface area contributed by atoms with Crippen molar-refractivity contribution in [2.45, 2.75) is 39.7 Å². The first-order valence-electron chi connectivity index (χ1n) is 9.42. The van der Waals surface area contributed by atoms with Crippen LogP contribution >= 0.6 is 24.0 Å². The molecular formula is C18H35IN4O3. The second-order valence-electron chi connectivity index (χ2n) is 7.77. The molecule has 0 amide bonds. The van der Waals surface area contributed by atoms with Crippen LogP contribution in [0.3, 0.4) is 0 Å². The first-order chi connectivity index (χ1) is 11.9. The Morgan fingerprint density at radius 2 is 1.96 bits per heavy atom. The van der Waals surface area contributed by atoms with E-state index in [0.717, 1.165) is 64.9 Å². The van der Waals surface area contributed by atoms with Crippen molar-refractivity contribution < 1.29 is 14.3 Å². The Labute approximate surface area is 174 Å². The first kappa shape index (κ1) is 23.4. The van der Waals surface area contributed by atoms with Crippen LogP contribution in [0.1, 0.15) is 34.1 Å². The van der Waals surface area contributed by atoms with Gasteiger partial charge < -0.3 is 19.7 Å². The maximum absolute atomic E-state index is 11.9. The number of carbonyl (C=O) groups is 1. The zero-order chi connectivity index (χ0) is 18.3. The molecule has 0 bridgehead atoms. The number of nitrogens with zero attached hydrogens (tertiary/aromatic N) is 3. The Balaban J connectivity index is 0.00000338. The number of rotatable bonds is 5. The number of aliphatic imine (C=N–C) groups is 1. The molecule has 1 N–H and O–H groups in total. The number of likely N-dealkylation sites (tertiary alicyclic amines) is 1. The Morgan fingerprint density at radius 1 is 1.27 bits per heavy atom. The number of ether oxygens (including phenoxy) is 2. The summed E-state index contributed by atoms with van der Waals surface area (Å²) in [4.78, 5) is 21.2. The van der Waals surface area contributed by atoms with Gasteiger partial charge in [-0.2, -0.15) is 0 Å². The summed E-state index contributed by atoms with van der Waals surface area (Å²) in [6.45, 7) is 15.3. The minimum absolute atomic E-state index is 0. The van der Waals surface area contributed by atoms with Crippen LogP contribution in [0.25, 0.3) is 0 Å². The molecule has 2 saturated heterocycles. The largest absolute Gasteiger partial charge is 0.459 e. The standard InChI is InChI=1S/C18H34N4O3.HI/c1-5-19-17(20-12-16(23)25-18(2,3)4)22-7-6-15(14-22)13-21-8-10-24-11-9-21;/h15H,5-14H2,1-4H3,(H,19,20);1H. The molecule has 8 heteroatoms. The van der Waals surface area contributed by atoms with Gasteiger partial charge in [0, 0.05) is 39.3 Å².